The normalized spacial score (nSPS) is 18.2. The van der Waals surface area contributed by atoms with Gasteiger partial charge in [0.05, 0.1) is 4.90 Å². The molecule has 2 aromatic rings. The number of likely N-dealkylation sites (tertiary alicyclic amines) is 1. The first kappa shape index (κ1) is 22.4. The van der Waals surface area contributed by atoms with Gasteiger partial charge in [0.15, 0.2) is 0 Å². The minimum absolute atomic E-state index is 0.121. The van der Waals surface area contributed by atoms with Crippen molar-refractivity contribution in [2.24, 2.45) is 0 Å². The van der Waals surface area contributed by atoms with Crippen molar-refractivity contribution < 1.29 is 18.0 Å². The lowest BCUT2D eigenvalue weighted by Gasteiger charge is -2.31. The van der Waals surface area contributed by atoms with Gasteiger partial charge in [-0.15, -0.1) is 0 Å². The third kappa shape index (κ3) is 5.01. The zero-order valence-corrected chi connectivity index (χ0v) is 19.0. The Kier molecular flexibility index (Phi) is 6.59. The molecule has 2 aromatic carbocycles. The molecule has 0 spiro atoms. The van der Waals surface area contributed by atoms with E-state index < -0.39 is 10.0 Å². The van der Waals surface area contributed by atoms with Crippen LogP contribution in [0.5, 0.6) is 0 Å². The van der Waals surface area contributed by atoms with E-state index in [1.54, 1.807) is 18.2 Å². The average molecular weight is 457 g/mol. The summed E-state index contributed by atoms with van der Waals surface area (Å²) in [7, 11) is -1.69. The maximum Gasteiger partial charge on any atom is 0.255 e. The second-order valence-corrected chi connectivity index (χ2v) is 10.2. The third-order valence-corrected chi connectivity index (χ3v) is 7.82. The third-order valence-electron chi connectivity index (χ3n) is 5.93. The number of amides is 2. The number of benzene rings is 2. The van der Waals surface area contributed by atoms with Crippen molar-refractivity contribution >= 4 is 27.5 Å². The quantitative estimate of drug-likeness (QED) is 0.718. The fraction of sp³-hybridized carbons (Fsp3) is 0.391. The maximum atomic E-state index is 13.0. The first-order chi connectivity index (χ1) is 15.3. The Labute approximate surface area is 188 Å². The van der Waals surface area contributed by atoms with E-state index in [2.05, 4.69) is 10.2 Å². The molecule has 1 N–H and O–H groups in total. The molecule has 9 heteroatoms. The predicted octanol–water partition coefficient (Wildman–Crippen LogP) is 2.00. The van der Waals surface area contributed by atoms with Crippen LogP contribution in [0.2, 0.25) is 0 Å². The van der Waals surface area contributed by atoms with Crippen LogP contribution in [0.3, 0.4) is 0 Å². The molecule has 2 saturated heterocycles. The molecule has 0 saturated carbocycles. The molecule has 170 valence electrons. The summed E-state index contributed by atoms with van der Waals surface area (Å²) in [5, 5.41) is 2.84. The highest BCUT2D eigenvalue weighted by atomic mass is 32.2. The van der Waals surface area contributed by atoms with Crippen LogP contribution < -0.4 is 5.32 Å². The van der Waals surface area contributed by atoms with Crippen molar-refractivity contribution in [2.45, 2.75) is 24.3 Å². The van der Waals surface area contributed by atoms with Crippen molar-refractivity contribution in [3.05, 3.63) is 59.7 Å². The summed E-state index contributed by atoms with van der Waals surface area (Å²) in [5.41, 5.74) is 1.82. The van der Waals surface area contributed by atoms with E-state index in [1.807, 2.05) is 30.1 Å². The van der Waals surface area contributed by atoms with Gasteiger partial charge in [-0.3, -0.25) is 9.59 Å². The van der Waals surface area contributed by atoms with Crippen LogP contribution in [0.1, 0.15) is 28.8 Å². The Morgan fingerprint density at radius 3 is 2.47 bits per heavy atom. The molecule has 2 fully saturated rings. The Bertz CT molecular complexity index is 1110. The largest absolute Gasteiger partial charge is 0.338 e. The molecular weight excluding hydrogens is 428 g/mol. The number of nitrogens with one attached hydrogen (secondary N) is 1. The number of likely N-dealkylation sites (N-methyl/N-ethyl adjacent to an activating group) is 1. The van der Waals surface area contributed by atoms with Gasteiger partial charge in [-0.05, 0) is 49.4 Å². The van der Waals surface area contributed by atoms with E-state index in [4.69, 9.17) is 0 Å². The summed E-state index contributed by atoms with van der Waals surface area (Å²) in [5.74, 6) is -0.229. The van der Waals surface area contributed by atoms with E-state index in [0.29, 0.717) is 44.8 Å². The van der Waals surface area contributed by atoms with Crippen LogP contribution in [0.15, 0.2) is 53.4 Å². The zero-order chi connectivity index (χ0) is 22.7. The molecule has 2 heterocycles. The smallest absolute Gasteiger partial charge is 0.255 e. The summed E-state index contributed by atoms with van der Waals surface area (Å²) >= 11 is 0. The maximum absolute atomic E-state index is 13.0. The molecule has 2 aliphatic rings. The topological polar surface area (TPSA) is 90.0 Å². The van der Waals surface area contributed by atoms with Crippen molar-refractivity contribution in [3.63, 3.8) is 0 Å². The van der Waals surface area contributed by atoms with Gasteiger partial charge >= 0.3 is 0 Å². The highest BCUT2D eigenvalue weighted by molar-refractivity contribution is 7.89. The van der Waals surface area contributed by atoms with Gasteiger partial charge in [0, 0.05) is 56.9 Å². The van der Waals surface area contributed by atoms with Crippen molar-refractivity contribution in [2.75, 3.05) is 45.1 Å². The van der Waals surface area contributed by atoms with Gasteiger partial charge in [0.2, 0.25) is 15.9 Å². The standard InChI is InChI=1S/C23H28N4O4S/c1-25-11-13-27(14-12-25)32(30,31)21-8-3-6-19(16-21)23(29)24-20-7-2-5-18(15-20)17-26-10-4-9-22(26)28/h2-3,5-8,15-16H,4,9-14,17H2,1H3,(H,24,29). The molecule has 4 rings (SSSR count). The SMILES string of the molecule is CN1CCN(S(=O)(=O)c2cccc(C(=O)Nc3cccc(CN4CCCC4=O)c3)c2)CC1. The lowest BCUT2D eigenvalue weighted by Crippen LogP contribution is -2.47. The first-order valence-electron chi connectivity index (χ1n) is 10.8. The second kappa shape index (κ2) is 9.40. The Hall–Kier alpha value is -2.75. The van der Waals surface area contributed by atoms with Crippen LogP contribution >= 0.6 is 0 Å². The summed E-state index contributed by atoms with van der Waals surface area (Å²) in [4.78, 5) is 28.7. The molecule has 8 nitrogen and oxygen atoms in total. The molecule has 0 aliphatic carbocycles. The minimum Gasteiger partial charge on any atom is -0.338 e. The van der Waals surface area contributed by atoms with Gasteiger partial charge in [-0.1, -0.05) is 18.2 Å². The minimum atomic E-state index is -3.65. The van der Waals surface area contributed by atoms with E-state index in [1.165, 1.54) is 16.4 Å². The van der Waals surface area contributed by atoms with E-state index in [9.17, 15) is 18.0 Å². The molecule has 2 aliphatic heterocycles. The number of carbonyl (C=O) groups is 2. The Morgan fingerprint density at radius 2 is 1.75 bits per heavy atom. The molecule has 0 radical (unpaired) electrons. The van der Waals surface area contributed by atoms with E-state index in [-0.39, 0.29) is 22.3 Å². The van der Waals surface area contributed by atoms with Crippen LogP contribution in [0, 0.1) is 0 Å². The molecule has 32 heavy (non-hydrogen) atoms. The number of nitrogens with zero attached hydrogens (tertiary/aromatic N) is 3. The molecule has 2 amide bonds. The predicted molar refractivity (Wildman–Crippen MR) is 122 cm³/mol. The lowest BCUT2D eigenvalue weighted by molar-refractivity contribution is -0.128. The van der Waals surface area contributed by atoms with E-state index in [0.717, 1.165) is 18.5 Å². The highest BCUT2D eigenvalue weighted by Crippen LogP contribution is 2.21. The number of piperazine rings is 1. The molecular formula is C23H28N4O4S. The number of carbonyl (C=O) groups excluding carboxylic acids is 2. The highest BCUT2D eigenvalue weighted by Gasteiger charge is 2.28. The average Bonchev–Trinajstić information content (AvgIpc) is 3.18. The van der Waals surface area contributed by atoms with Crippen LogP contribution in [0.25, 0.3) is 0 Å². The van der Waals surface area contributed by atoms with Crippen molar-refractivity contribution in [1.29, 1.82) is 0 Å². The van der Waals surface area contributed by atoms with E-state index >= 15 is 0 Å². The number of hydrogen-bond acceptors (Lipinski definition) is 5. The summed E-state index contributed by atoms with van der Waals surface area (Å²) in [6.45, 7) is 3.49. The number of sulfonamides is 1. The number of anilines is 1. The Balaban J connectivity index is 1.46. The fourth-order valence-corrected chi connectivity index (χ4v) is 5.49. The fourth-order valence-electron chi connectivity index (χ4n) is 4.02. The van der Waals surface area contributed by atoms with Crippen molar-refractivity contribution in [3.8, 4) is 0 Å². The van der Waals surface area contributed by atoms with Gasteiger partial charge in [-0.2, -0.15) is 4.31 Å². The summed E-state index contributed by atoms with van der Waals surface area (Å²) < 4.78 is 27.5. The second-order valence-electron chi connectivity index (χ2n) is 8.31. The number of hydrogen-bond donors (Lipinski definition) is 1. The summed E-state index contributed by atoms with van der Waals surface area (Å²) in [6, 6.07) is 13.5. The lowest BCUT2D eigenvalue weighted by atomic mass is 10.1. The van der Waals surface area contributed by atoms with Gasteiger partial charge in [0.1, 0.15) is 0 Å². The van der Waals surface area contributed by atoms with Crippen molar-refractivity contribution in [1.82, 2.24) is 14.1 Å². The van der Waals surface area contributed by atoms with Gasteiger partial charge in [0.25, 0.3) is 5.91 Å². The first-order valence-corrected chi connectivity index (χ1v) is 12.2. The monoisotopic (exact) mass is 456 g/mol. The molecule has 0 atom stereocenters. The van der Waals surface area contributed by atoms with Crippen LogP contribution in [0.4, 0.5) is 5.69 Å². The Morgan fingerprint density at radius 1 is 1.00 bits per heavy atom. The van der Waals surface area contributed by atoms with Crippen LogP contribution in [-0.4, -0.2) is 74.1 Å². The zero-order valence-electron chi connectivity index (χ0n) is 18.2. The number of rotatable bonds is 6. The molecule has 0 bridgehead atoms. The van der Waals surface area contributed by atoms with Gasteiger partial charge in [-0.25, -0.2) is 8.42 Å². The summed E-state index contributed by atoms with van der Waals surface area (Å²) in [6.07, 6.45) is 1.46. The van der Waals surface area contributed by atoms with Crippen LogP contribution in [-0.2, 0) is 21.4 Å². The molecule has 0 aromatic heterocycles. The molecule has 0 unspecified atom stereocenters. The van der Waals surface area contributed by atoms with Gasteiger partial charge < -0.3 is 15.1 Å².